The van der Waals surface area contributed by atoms with E-state index in [9.17, 15) is 0 Å². The summed E-state index contributed by atoms with van der Waals surface area (Å²) >= 11 is 5.81. The minimum absolute atomic E-state index is 0.310. The van der Waals surface area contributed by atoms with Crippen LogP contribution in [0.4, 0.5) is 0 Å². The minimum Gasteiger partial charge on any atom is -0.474 e. The van der Waals surface area contributed by atoms with Crippen molar-refractivity contribution in [2.24, 2.45) is 5.92 Å². The Morgan fingerprint density at radius 2 is 2.13 bits per heavy atom. The van der Waals surface area contributed by atoms with Gasteiger partial charge in [0, 0.05) is 6.07 Å². The van der Waals surface area contributed by atoms with E-state index in [1.165, 1.54) is 19.3 Å². The number of ether oxygens (including phenoxy) is 1. The van der Waals surface area contributed by atoms with Gasteiger partial charge in [0.25, 0.3) is 0 Å². The van der Waals surface area contributed by atoms with Gasteiger partial charge in [-0.1, -0.05) is 31.0 Å². The highest BCUT2D eigenvalue weighted by molar-refractivity contribution is 6.29. The van der Waals surface area contributed by atoms with E-state index >= 15 is 0 Å². The van der Waals surface area contributed by atoms with Gasteiger partial charge in [-0.3, -0.25) is 0 Å². The minimum atomic E-state index is 0.310. The first-order valence-electron chi connectivity index (χ1n) is 5.55. The van der Waals surface area contributed by atoms with Gasteiger partial charge >= 0.3 is 0 Å². The van der Waals surface area contributed by atoms with Gasteiger partial charge in [-0.05, 0) is 31.2 Å². The highest BCUT2D eigenvalue weighted by atomic mass is 35.5. The Hall–Kier alpha value is -0.760. The summed E-state index contributed by atoms with van der Waals surface area (Å²) in [5.74, 6) is 1.28. The van der Waals surface area contributed by atoms with Crippen molar-refractivity contribution >= 4 is 11.6 Å². The molecule has 3 heteroatoms. The maximum absolute atomic E-state index is 5.85. The number of hydrogen-bond donors (Lipinski definition) is 0. The Balaban J connectivity index is 2.01. The second-order valence-electron chi connectivity index (χ2n) is 4.22. The molecule has 1 saturated carbocycles. The first-order chi connectivity index (χ1) is 7.25. The predicted molar refractivity (Wildman–Crippen MR) is 61.3 cm³/mol. The van der Waals surface area contributed by atoms with Gasteiger partial charge in [0.05, 0.1) is 0 Å². The van der Waals surface area contributed by atoms with Gasteiger partial charge < -0.3 is 4.74 Å². The van der Waals surface area contributed by atoms with Crippen LogP contribution in [0.5, 0.6) is 5.88 Å². The normalized spacial score (nSPS) is 26.3. The second kappa shape index (κ2) is 4.84. The zero-order valence-electron chi connectivity index (χ0n) is 8.95. The number of nitrogens with zero attached hydrogens (tertiary/aromatic N) is 1. The molecule has 0 bridgehead atoms. The molecule has 0 amide bonds. The maximum atomic E-state index is 5.85. The molecule has 1 heterocycles. The number of halogens is 1. The molecule has 0 aliphatic heterocycles. The van der Waals surface area contributed by atoms with Gasteiger partial charge in [-0.2, -0.15) is 0 Å². The van der Waals surface area contributed by atoms with Crippen molar-refractivity contribution < 1.29 is 4.74 Å². The van der Waals surface area contributed by atoms with Crippen LogP contribution in [0.3, 0.4) is 0 Å². The highest BCUT2D eigenvalue weighted by Crippen LogP contribution is 2.27. The molecule has 2 atom stereocenters. The average Bonchev–Trinajstić information content (AvgIpc) is 2.22. The van der Waals surface area contributed by atoms with Crippen LogP contribution in [0.2, 0.25) is 5.15 Å². The Kier molecular flexibility index (Phi) is 3.47. The largest absolute Gasteiger partial charge is 0.474 e. The zero-order chi connectivity index (χ0) is 10.7. The molecular weight excluding hydrogens is 210 g/mol. The Labute approximate surface area is 95.6 Å². The SMILES string of the molecule is CC1CCCCC1Oc1cccc(Cl)n1. The molecule has 0 spiro atoms. The van der Waals surface area contributed by atoms with E-state index in [1.807, 2.05) is 12.1 Å². The molecule has 1 aliphatic carbocycles. The average molecular weight is 226 g/mol. The fraction of sp³-hybridized carbons (Fsp3) is 0.583. The number of hydrogen-bond acceptors (Lipinski definition) is 2. The molecule has 2 unspecified atom stereocenters. The highest BCUT2D eigenvalue weighted by Gasteiger charge is 2.23. The number of aromatic nitrogens is 1. The summed E-state index contributed by atoms with van der Waals surface area (Å²) in [7, 11) is 0. The lowest BCUT2D eigenvalue weighted by atomic mass is 9.88. The summed E-state index contributed by atoms with van der Waals surface area (Å²) in [6.07, 6.45) is 5.28. The molecule has 0 N–H and O–H groups in total. The molecule has 1 fully saturated rings. The van der Waals surface area contributed by atoms with Crippen molar-refractivity contribution in [3.05, 3.63) is 23.4 Å². The van der Waals surface area contributed by atoms with Crippen LogP contribution in [0.15, 0.2) is 18.2 Å². The Bertz CT molecular complexity index is 329. The van der Waals surface area contributed by atoms with E-state index < -0.39 is 0 Å². The van der Waals surface area contributed by atoms with Crippen molar-refractivity contribution in [3.63, 3.8) is 0 Å². The van der Waals surface area contributed by atoms with Gasteiger partial charge in [0.1, 0.15) is 11.3 Å². The summed E-state index contributed by atoms with van der Waals surface area (Å²) in [4.78, 5) is 4.14. The zero-order valence-corrected chi connectivity index (χ0v) is 9.70. The molecule has 1 aromatic rings. The smallest absolute Gasteiger partial charge is 0.214 e. The van der Waals surface area contributed by atoms with Crippen LogP contribution in [-0.2, 0) is 0 Å². The molecule has 0 saturated heterocycles. The third kappa shape index (κ3) is 2.85. The van der Waals surface area contributed by atoms with Crippen LogP contribution < -0.4 is 4.74 Å². The topological polar surface area (TPSA) is 22.1 Å². The molecular formula is C12H16ClNO. The van der Waals surface area contributed by atoms with E-state index in [0.717, 1.165) is 6.42 Å². The summed E-state index contributed by atoms with van der Waals surface area (Å²) in [5.41, 5.74) is 0. The molecule has 0 radical (unpaired) electrons. The molecule has 82 valence electrons. The van der Waals surface area contributed by atoms with Gasteiger partial charge in [0.2, 0.25) is 5.88 Å². The van der Waals surface area contributed by atoms with Gasteiger partial charge in [0.15, 0.2) is 0 Å². The van der Waals surface area contributed by atoms with Crippen molar-refractivity contribution in [2.75, 3.05) is 0 Å². The molecule has 15 heavy (non-hydrogen) atoms. The van der Waals surface area contributed by atoms with E-state index in [4.69, 9.17) is 16.3 Å². The van der Waals surface area contributed by atoms with Crippen LogP contribution in [-0.4, -0.2) is 11.1 Å². The van der Waals surface area contributed by atoms with E-state index in [0.29, 0.717) is 23.1 Å². The van der Waals surface area contributed by atoms with Crippen molar-refractivity contribution in [3.8, 4) is 5.88 Å². The summed E-state index contributed by atoms with van der Waals surface area (Å²) in [6, 6.07) is 5.50. The van der Waals surface area contributed by atoms with E-state index in [1.54, 1.807) is 6.07 Å². The second-order valence-corrected chi connectivity index (χ2v) is 4.60. The fourth-order valence-electron chi connectivity index (χ4n) is 2.07. The van der Waals surface area contributed by atoms with Crippen LogP contribution >= 0.6 is 11.6 Å². The number of rotatable bonds is 2. The quantitative estimate of drug-likeness (QED) is 0.717. The van der Waals surface area contributed by atoms with Crippen molar-refractivity contribution in [1.29, 1.82) is 0 Å². The summed E-state index contributed by atoms with van der Waals surface area (Å²) in [5, 5.41) is 0.496. The summed E-state index contributed by atoms with van der Waals surface area (Å²) < 4.78 is 5.85. The van der Waals surface area contributed by atoms with Crippen LogP contribution in [0.25, 0.3) is 0 Å². The third-order valence-electron chi connectivity index (χ3n) is 2.99. The standard InChI is InChI=1S/C12H16ClNO/c1-9-5-2-3-6-10(9)15-12-8-4-7-11(13)14-12/h4,7-10H,2-3,5-6H2,1H3. The lowest BCUT2D eigenvalue weighted by Crippen LogP contribution is -2.28. The first-order valence-corrected chi connectivity index (χ1v) is 5.93. The maximum Gasteiger partial charge on any atom is 0.214 e. The van der Waals surface area contributed by atoms with Crippen LogP contribution in [0.1, 0.15) is 32.6 Å². The van der Waals surface area contributed by atoms with Crippen molar-refractivity contribution in [1.82, 2.24) is 4.98 Å². The molecule has 2 nitrogen and oxygen atoms in total. The predicted octanol–water partition coefficient (Wildman–Crippen LogP) is 3.69. The molecule has 1 aliphatic rings. The molecule has 1 aromatic heterocycles. The number of pyridine rings is 1. The lowest BCUT2D eigenvalue weighted by molar-refractivity contribution is 0.0976. The Morgan fingerprint density at radius 1 is 1.33 bits per heavy atom. The van der Waals surface area contributed by atoms with E-state index in [-0.39, 0.29) is 0 Å². The monoisotopic (exact) mass is 225 g/mol. The van der Waals surface area contributed by atoms with Crippen molar-refractivity contribution in [2.45, 2.75) is 38.7 Å². The van der Waals surface area contributed by atoms with Gasteiger partial charge in [-0.15, -0.1) is 0 Å². The molecule has 2 rings (SSSR count). The van der Waals surface area contributed by atoms with E-state index in [2.05, 4.69) is 11.9 Å². The van der Waals surface area contributed by atoms with Crippen LogP contribution in [0, 0.1) is 5.92 Å². The fourth-order valence-corrected chi connectivity index (χ4v) is 2.22. The molecule has 0 aromatic carbocycles. The van der Waals surface area contributed by atoms with Gasteiger partial charge in [-0.25, -0.2) is 4.98 Å². The third-order valence-corrected chi connectivity index (χ3v) is 3.20. The first kappa shape index (κ1) is 10.7. The summed E-state index contributed by atoms with van der Waals surface area (Å²) in [6.45, 7) is 2.24. The lowest BCUT2D eigenvalue weighted by Gasteiger charge is -2.28. The Morgan fingerprint density at radius 3 is 2.87 bits per heavy atom.